The summed E-state index contributed by atoms with van der Waals surface area (Å²) >= 11 is 0. The average molecular weight is 293 g/mol. The number of amides is 1. The normalized spacial score (nSPS) is 22.2. The van der Waals surface area contributed by atoms with Crippen LogP contribution in [0, 0.1) is 0 Å². The van der Waals surface area contributed by atoms with Crippen molar-refractivity contribution < 1.29 is 14.6 Å². The largest absolute Gasteiger partial charge is 0.504 e. The Morgan fingerprint density at radius 2 is 2.33 bits per heavy atom. The van der Waals surface area contributed by atoms with Gasteiger partial charge >= 0.3 is 0 Å². The lowest BCUT2D eigenvalue weighted by Crippen LogP contribution is -2.41. The molecule has 0 aromatic heterocycles. The number of para-hydroxylation sites is 1. The molecular formula is C15H23N3O3. The van der Waals surface area contributed by atoms with Crippen LogP contribution in [0.3, 0.4) is 0 Å². The Balaban J connectivity index is 2.16. The van der Waals surface area contributed by atoms with Gasteiger partial charge in [-0.15, -0.1) is 0 Å². The second-order valence-electron chi connectivity index (χ2n) is 5.25. The molecule has 1 fully saturated rings. The van der Waals surface area contributed by atoms with Gasteiger partial charge in [-0.1, -0.05) is 12.1 Å². The number of hydrogen-bond acceptors (Lipinski definition) is 5. The van der Waals surface area contributed by atoms with E-state index in [-0.39, 0.29) is 23.7 Å². The predicted molar refractivity (Wildman–Crippen MR) is 80.1 cm³/mol. The number of carbonyl (C=O) groups excluding carboxylic acids is 1. The van der Waals surface area contributed by atoms with Gasteiger partial charge in [0.25, 0.3) is 0 Å². The SMILES string of the molecule is CCOc1cccc(CN2C[C@H](N)C[C@H]2C(=O)NC)c1O. The molecule has 1 heterocycles. The number of likely N-dealkylation sites (N-methyl/N-ethyl adjacent to an activating group) is 1. The predicted octanol–water partition coefficient (Wildman–Crippen LogP) is 0.438. The summed E-state index contributed by atoms with van der Waals surface area (Å²) in [4.78, 5) is 13.9. The fraction of sp³-hybridized carbons (Fsp3) is 0.533. The highest BCUT2D eigenvalue weighted by molar-refractivity contribution is 5.81. The number of nitrogens with one attached hydrogen (secondary N) is 1. The summed E-state index contributed by atoms with van der Waals surface area (Å²) in [6, 6.07) is 5.13. The van der Waals surface area contributed by atoms with Crippen molar-refractivity contribution in [2.45, 2.75) is 32.0 Å². The highest BCUT2D eigenvalue weighted by Crippen LogP contribution is 2.32. The lowest BCUT2D eigenvalue weighted by Gasteiger charge is -2.23. The van der Waals surface area contributed by atoms with Crippen LogP contribution in [-0.2, 0) is 11.3 Å². The van der Waals surface area contributed by atoms with Crippen molar-refractivity contribution in [2.24, 2.45) is 5.73 Å². The topological polar surface area (TPSA) is 87.8 Å². The molecule has 4 N–H and O–H groups in total. The van der Waals surface area contributed by atoms with Crippen molar-refractivity contribution in [1.82, 2.24) is 10.2 Å². The van der Waals surface area contributed by atoms with Gasteiger partial charge < -0.3 is 20.9 Å². The van der Waals surface area contributed by atoms with Crippen LogP contribution >= 0.6 is 0 Å². The quantitative estimate of drug-likeness (QED) is 0.733. The molecule has 2 atom stereocenters. The van der Waals surface area contributed by atoms with Crippen LogP contribution in [0.15, 0.2) is 18.2 Å². The molecule has 0 spiro atoms. The molecule has 1 aromatic rings. The molecule has 0 unspecified atom stereocenters. The number of benzene rings is 1. The molecule has 0 radical (unpaired) electrons. The van der Waals surface area contributed by atoms with Gasteiger partial charge in [0.2, 0.25) is 5.91 Å². The van der Waals surface area contributed by atoms with E-state index in [1.54, 1.807) is 13.1 Å². The zero-order valence-corrected chi connectivity index (χ0v) is 12.5. The average Bonchev–Trinajstić information content (AvgIpc) is 2.83. The molecule has 1 amide bonds. The van der Waals surface area contributed by atoms with E-state index in [9.17, 15) is 9.90 Å². The van der Waals surface area contributed by atoms with Crippen LogP contribution in [0.2, 0.25) is 0 Å². The van der Waals surface area contributed by atoms with Crippen LogP contribution in [0.1, 0.15) is 18.9 Å². The van der Waals surface area contributed by atoms with Crippen molar-refractivity contribution in [3.8, 4) is 11.5 Å². The number of phenols is 1. The third-order valence-corrected chi connectivity index (χ3v) is 3.74. The van der Waals surface area contributed by atoms with Crippen LogP contribution in [-0.4, -0.2) is 48.2 Å². The maximum Gasteiger partial charge on any atom is 0.237 e. The molecule has 2 rings (SSSR count). The summed E-state index contributed by atoms with van der Waals surface area (Å²) < 4.78 is 5.39. The van der Waals surface area contributed by atoms with Crippen LogP contribution in [0.25, 0.3) is 0 Å². The standard InChI is InChI=1S/C15H23N3O3/c1-3-21-13-6-4-5-10(14(13)19)8-18-9-11(16)7-12(18)15(20)17-2/h4-6,11-12,19H,3,7-9,16H2,1-2H3,(H,17,20)/t11-,12+/m1/s1. The lowest BCUT2D eigenvalue weighted by molar-refractivity contribution is -0.125. The van der Waals surface area contributed by atoms with Gasteiger partial charge in [0.1, 0.15) is 0 Å². The number of aromatic hydroxyl groups is 1. The summed E-state index contributed by atoms with van der Waals surface area (Å²) in [7, 11) is 1.62. The number of likely N-dealkylation sites (tertiary alicyclic amines) is 1. The zero-order valence-electron chi connectivity index (χ0n) is 12.5. The van der Waals surface area contributed by atoms with Gasteiger partial charge in [0.15, 0.2) is 11.5 Å². The number of hydrogen-bond donors (Lipinski definition) is 3. The molecule has 1 aliphatic heterocycles. The van der Waals surface area contributed by atoms with E-state index in [4.69, 9.17) is 10.5 Å². The van der Waals surface area contributed by atoms with Crippen LogP contribution < -0.4 is 15.8 Å². The second kappa shape index (κ2) is 6.78. The van der Waals surface area contributed by atoms with Crippen molar-refractivity contribution in [3.63, 3.8) is 0 Å². The number of phenolic OH excluding ortho intramolecular Hbond substituents is 1. The first-order valence-corrected chi connectivity index (χ1v) is 7.21. The van der Waals surface area contributed by atoms with Gasteiger partial charge in [0, 0.05) is 31.7 Å². The minimum atomic E-state index is -0.250. The molecule has 0 bridgehead atoms. The van der Waals surface area contributed by atoms with E-state index in [2.05, 4.69) is 5.32 Å². The Morgan fingerprint density at radius 1 is 1.57 bits per heavy atom. The number of nitrogens with zero attached hydrogens (tertiary/aromatic N) is 1. The van der Waals surface area contributed by atoms with Crippen LogP contribution in [0.5, 0.6) is 11.5 Å². The maximum absolute atomic E-state index is 11.9. The molecule has 1 aromatic carbocycles. The van der Waals surface area contributed by atoms with E-state index in [0.717, 1.165) is 5.56 Å². The first kappa shape index (κ1) is 15.6. The molecule has 6 nitrogen and oxygen atoms in total. The first-order chi connectivity index (χ1) is 10.1. The zero-order chi connectivity index (χ0) is 15.4. The number of rotatable bonds is 5. The molecule has 1 aliphatic rings. The Kier molecular flexibility index (Phi) is 5.03. The Bertz CT molecular complexity index is 507. The Labute approximate surface area is 124 Å². The Hall–Kier alpha value is -1.79. The van der Waals surface area contributed by atoms with Crippen LogP contribution in [0.4, 0.5) is 0 Å². The highest BCUT2D eigenvalue weighted by atomic mass is 16.5. The van der Waals surface area contributed by atoms with E-state index < -0.39 is 0 Å². The molecular weight excluding hydrogens is 270 g/mol. The summed E-state index contributed by atoms with van der Waals surface area (Å²) in [6.45, 7) is 3.47. The first-order valence-electron chi connectivity index (χ1n) is 7.21. The summed E-state index contributed by atoms with van der Waals surface area (Å²) in [5.74, 6) is 0.564. The monoisotopic (exact) mass is 293 g/mol. The smallest absolute Gasteiger partial charge is 0.237 e. The van der Waals surface area contributed by atoms with Gasteiger partial charge in [-0.25, -0.2) is 0 Å². The fourth-order valence-corrected chi connectivity index (χ4v) is 2.74. The third kappa shape index (κ3) is 3.46. The molecule has 0 aliphatic carbocycles. The van der Waals surface area contributed by atoms with E-state index in [0.29, 0.717) is 31.9 Å². The lowest BCUT2D eigenvalue weighted by atomic mass is 10.1. The van der Waals surface area contributed by atoms with Gasteiger partial charge in [-0.05, 0) is 19.4 Å². The van der Waals surface area contributed by atoms with Gasteiger partial charge in [-0.3, -0.25) is 9.69 Å². The summed E-state index contributed by atoms with van der Waals surface area (Å²) in [5.41, 5.74) is 6.71. The number of nitrogens with two attached hydrogens (primary N) is 1. The van der Waals surface area contributed by atoms with Crippen molar-refractivity contribution >= 4 is 5.91 Å². The summed E-state index contributed by atoms with van der Waals surface area (Å²) in [5, 5.41) is 12.9. The molecule has 6 heteroatoms. The van der Waals surface area contributed by atoms with Crippen molar-refractivity contribution in [1.29, 1.82) is 0 Å². The number of ether oxygens (including phenoxy) is 1. The molecule has 1 saturated heterocycles. The van der Waals surface area contributed by atoms with E-state index in [1.165, 1.54) is 0 Å². The molecule has 0 saturated carbocycles. The Morgan fingerprint density at radius 3 is 3.00 bits per heavy atom. The highest BCUT2D eigenvalue weighted by Gasteiger charge is 2.35. The van der Waals surface area contributed by atoms with Crippen molar-refractivity contribution in [2.75, 3.05) is 20.2 Å². The summed E-state index contributed by atoms with van der Waals surface area (Å²) in [6.07, 6.45) is 0.631. The molecule has 116 valence electrons. The molecule has 21 heavy (non-hydrogen) atoms. The van der Waals surface area contributed by atoms with Gasteiger partial charge in [-0.2, -0.15) is 0 Å². The van der Waals surface area contributed by atoms with E-state index >= 15 is 0 Å². The van der Waals surface area contributed by atoms with Crippen molar-refractivity contribution in [3.05, 3.63) is 23.8 Å². The fourth-order valence-electron chi connectivity index (χ4n) is 2.74. The minimum absolute atomic E-state index is 0.0236. The second-order valence-corrected chi connectivity index (χ2v) is 5.25. The van der Waals surface area contributed by atoms with E-state index in [1.807, 2.05) is 24.0 Å². The number of carbonyl (C=O) groups is 1. The third-order valence-electron chi connectivity index (χ3n) is 3.74. The minimum Gasteiger partial charge on any atom is -0.504 e. The maximum atomic E-state index is 11.9. The van der Waals surface area contributed by atoms with Gasteiger partial charge in [0.05, 0.1) is 12.6 Å².